The third kappa shape index (κ3) is 3.93. The lowest BCUT2D eigenvalue weighted by molar-refractivity contribution is -0.134. The van der Waals surface area contributed by atoms with Crippen molar-refractivity contribution in [2.24, 2.45) is 5.92 Å². The fraction of sp³-hybridized carbons (Fsp3) is 0.409. The topological polar surface area (TPSA) is 23.6 Å². The highest BCUT2D eigenvalue weighted by molar-refractivity contribution is 5.81. The van der Waals surface area contributed by atoms with Gasteiger partial charge in [-0.3, -0.25) is 9.69 Å². The number of hydrogen-bond acceptors (Lipinski definition) is 2. The monoisotopic (exact) mass is 334 g/mol. The van der Waals surface area contributed by atoms with Gasteiger partial charge in [0.1, 0.15) is 0 Å². The molecular formula is C22H26N2O. The zero-order valence-corrected chi connectivity index (χ0v) is 14.7. The second-order valence-corrected chi connectivity index (χ2v) is 7.25. The first-order valence-electron chi connectivity index (χ1n) is 9.43. The fourth-order valence-electron chi connectivity index (χ4n) is 3.81. The van der Waals surface area contributed by atoms with Gasteiger partial charge in [-0.05, 0) is 30.4 Å². The van der Waals surface area contributed by atoms with E-state index in [2.05, 4.69) is 70.5 Å². The molecule has 1 unspecified atom stereocenters. The number of carbonyl (C=O) groups excluding carboxylic acids is 1. The summed E-state index contributed by atoms with van der Waals surface area (Å²) >= 11 is 0. The van der Waals surface area contributed by atoms with Crippen LogP contribution in [0.4, 0.5) is 0 Å². The Morgan fingerprint density at radius 2 is 1.48 bits per heavy atom. The van der Waals surface area contributed by atoms with Crippen LogP contribution in [-0.4, -0.2) is 41.9 Å². The van der Waals surface area contributed by atoms with Gasteiger partial charge in [0.25, 0.3) is 0 Å². The van der Waals surface area contributed by atoms with Crippen LogP contribution in [0.15, 0.2) is 60.7 Å². The molecule has 1 saturated carbocycles. The molecule has 3 heteroatoms. The normalized spacial score (nSPS) is 19.6. The van der Waals surface area contributed by atoms with E-state index in [1.54, 1.807) is 0 Å². The molecule has 1 atom stereocenters. The summed E-state index contributed by atoms with van der Waals surface area (Å²) in [7, 11) is 0. The molecule has 1 amide bonds. The molecule has 2 aromatic rings. The summed E-state index contributed by atoms with van der Waals surface area (Å²) in [5, 5.41) is 0. The average molecular weight is 334 g/mol. The maximum Gasteiger partial charge on any atom is 0.225 e. The van der Waals surface area contributed by atoms with E-state index in [0.717, 1.165) is 45.4 Å². The zero-order chi connectivity index (χ0) is 17.1. The van der Waals surface area contributed by atoms with Gasteiger partial charge in [-0.2, -0.15) is 0 Å². The minimum absolute atomic E-state index is 0.334. The van der Waals surface area contributed by atoms with Crippen molar-refractivity contribution in [2.45, 2.75) is 25.3 Å². The Hall–Kier alpha value is -2.13. The quantitative estimate of drug-likeness (QED) is 0.835. The molecule has 1 saturated heterocycles. The van der Waals surface area contributed by atoms with Crippen LogP contribution in [0.5, 0.6) is 0 Å². The Morgan fingerprint density at radius 3 is 2.08 bits per heavy atom. The van der Waals surface area contributed by atoms with Crippen molar-refractivity contribution in [3.05, 3.63) is 71.8 Å². The molecule has 0 aromatic heterocycles. The molecule has 0 spiro atoms. The summed E-state index contributed by atoms with van der Waals surface area (Å²) in [5.41, 5.74) is 2.74. The van der Waals surface area contributed by atoms with E-state index >= 15 is 0 Å². The maximum absolute atomic E-state index is 12.3. The Kier molecular flexibility index (Phi) is 4.84. The summed E-state index contributed by atoms with van der Waals surface area (Å²) in [6.07, 6.45) is 3.21. The van der Waals surface area contributed by atoms with Crippen molar-refractivity contribution in [3.63, 3.8) is 0 Å². The molecule has 0 radical (unpaired) electrons. The molecule has 130 valence electrons. The van der Waals surface area contributed by atoms with Gasteiger partial charge >= 0.3 is 0 Å². The van der Waals surface area contributed by atoms with Crippen LogP contribution in [-0.2, 0) is 11.2 Å². The van der Waals surface area contributed by atoms with E-state index in [1.165, 1.54) is 11.1 Å². The van der Waals surface area contributed by atoms with Gasteiger partial charge in [0.05, 0.1) is 0 Å². The SMILES string of the molecule is O=C(C1CC1)N1CCN(C(Cc2ccccc2)c2ccccc2)CC1. The van der Waals surface area contributed by atoms with Gasteiger partial charge in [0.15, 0.2) is 0 Å². The van der Waals surface area contributed by atoms with Crippen molar-refractivity contribution in [3.8, 4) is 0 Å². The lowest BCUT2D eigenvalue weighted by Gasteiger charge is -2.39. The number of amides is 1. The van der Waals surface area contributed by atoms with Gasteiger partial charge in [-0.15, -0.1) is 0 Å². The van der Waals surface area contributed by atoms with Crippen LogP contribution in [0.25, 0.3) is 0 Å². The van der Waals surface area contributed by atoms with Crippen LogP contribution in [0.1, 0.15) is 30.0 Å². The lowest BCUT2D eigenvalue weighted by atomic mass is 9.96. The maximum atomic E-state index is 12.3. The summed E-state index contributed by atoms with van der Waals surface area (Å²) in [5.74, 6) is 0.722. The number of benzene rings is 2. The van der Waals surface area contributed by atoms with Crippen molar-refractivity contribution in [2.75, 3.05) is 26.2 Å². The van der Waals surface area contributed by atoms with Crippen molar-refractivity contribution in [1.82, 2.24) is 9.80 Å². The van der Waals surface area contributed by atoms with E-state index in [1.807, 2.05) is 0 Å². The van der Waals surface area contributed by atoms with Crippen LogP contribution in [0.3, 0.4) is 0 Å². The van der Waals surface area contributed by atoms with E-state index < -0.39 is 0 Å². The average Bonchev–Trinajstić information content (AvgIpc) is 3.53. The molecule has 1 aliphatic heterocycles. The molecule has 1 heterocycles. The highest BCUT2D eigenvalue weighted by Crippen LogP contribution is 2.32. The van der Waals surface area contributed by atoms with Crippen LogP contribution < -0.4 is 0 Å². The number of nitrogens with zero attached hydrogens (tertiary/aromatic N) is 2. The smallest absolute Gasteiger partial charge is 0.225 e. The number of carbonyl (C=O) groups is 1. The van der Waals surface area contributed by atoms with Crippen molar-refractivity contribution < 1.29 is 4.79 Å². The second kappa shape index (κ2) is 7.40. The number of hydrogen-bond donors (Lipinski definition) is 0. The molecule has 2 aromatic carbocycles. The van der Waals surface area contributed by atoms with Gasteiger partial charge in [-0.1, -0.05) is 60.7 Å². The summed E-state index contributed by atoms with van der Waals surface area (Å²) in [4.78, 5) is 16.9. The van der Waals surface area contributed by atoms with Gasteiger partial charge in [0, 0.05) is 38.1 Å². The third-order valence-electron chi connectivity index (χ3n) is 5.45. The van der Waals surface area contributed by atoms with Gasteiger partial charge < -0.3 is 4.90 Å². The van der Waals surface area contributed by atoms with E-state index in [-0.39, 0.29) is 0 Å². The third-order valence-corrected chi connectivity index (χ3v) is 5.45. The predicted octanol–water partition coefficient (Wildman–Crippen LogP) is 3.52. The molecule has 3 nitrogen and oxygen atoms in total. The minimum atomic E-state index is 0.334. The van der Waals surface area contributed by atoms with Gasteiger partial charge in [0.2, 0.25) is 5.91 Å². The second-order valence-electron chi connectivity index (χ2n) is 7.25. The molecule has 2 fully saturated rings. The Balaban J connectivity index is 1.47. The van der Waals surface area contributed by atoms with E-state index in [4.69, 9.17) is 0 Å². The zero-order valence-electron chi connectivity index (χ0n) is 14.7. The van der Waals surface area contributed by atoms with E-state index in [9.17, 15) is 4.79 Å². The summed E-state index contributed by atoms with van der Waals surface area (Å²) < 4.78 is 0. The first-order valence-corrected chi connectivity index (χ1v) is 9.43. The Morgan fingerprint density at radius 1 is 0.880 bits per heavy atom. The largest absolute Gasteiger partial charge is 0.340 e. The molecule has 2 aliphatic rings. The highest BCUT2D eigenvalue weighted by Gasteiger charge is 2.35. The molecular weight excluding hydrogens is 308 g/mol. The first kappa shape index (κ1) is 16.3. The predicted molar refractivity (Wildman–Crippen MR) is 100 cm³/mol. The van der Waals surface area contributed by atoms with Crippen LogP contribution in [0, 0.1) is 5.92 Å². The number of piperazine rings is 1. The van der Waals surface area contributed by atoms with E-state index in [0.29, 0.717) is 17.9 Å². The fourth-order valence-corrected chi connectivity index (χ4v) is 3.81. The lowest BCUT2D eigenvalue weighted by Crippen LogP contribution is -2.50. The standard InChI is InChI=1S/C22H26N2O/c25-22(20-11-12-20)24-15-13-23(14-16-24)21(19-9-5-2-6-10-19)17-18-7-3-1-4-8-18/h1-10,20-21H,11-17H2. The summed E-state index contributed by atoms with van der Waals surface area (Å²) in [6, 6.07) is 21.9. The first-order chi connectivity index (χ1) is 12.3. The van der Waals surface area contributed by atoms with Crippen molar-refractivity contribution >= 4 is 5.91 Å². The van der Waals surface area contributed by atoms with Gasteiger partial charge in [-0.25, -0.2) is 0 Å². The summed E-state index contributed by atoms with van der Waals surface area (Å²) in [6.45, 7) is 3.66. The highest BCUT2D eigenvalue weighted by atomic mass is 16.2. The molecule has 4 rings (SSSR count). The van der Waals surface area contributed by atoms with Crippen LogP contribution in [0.2, 0.25) is 0 Å². The van der Waals surface area contributed by atoms with Crippen LogP contribution >= 0.6 is 0 Å². The molecule has 1 aliphatic carbocycles. The Bertz CT molecular complexity index is 688. The molecule has 0 bridgehead atoms. The van der Waals surface area contributed by atoms with Crippen molar-refractivity contribution in [1.29, 1.82) is 0 Å². The molecule has 25 heavy (non-hydrogen) atoms. The number of rotatable bonds is 5. The molecule has 0 N–H and O–H groups in total. The minimum Gasteiger partial charge on any atom is -0.340 e. The Labute approximate surface area is 150 Å².